The van der Waals surface area contributed by atoms with Gasteiger partial charge in [0.1, 0.15) is 24.1 Å². The molecule has 22 heteroatoms. The van der Waals surface area contributed by atoms with Crippen LogP contribution in [0.15, 0.2) is 11.0 Å². The molecule has 0 amide bonds. The van der Waals surface area contributed by atoms with E-state index in [0.717, 1.165) is 4.57 Å². The van der Waals surface area contributed by atoms with E-state index in [9.17, 15) is 28.3 Å². The number of nitrogen functional groups attached to an aromatic ring is 1. The molecule has 1 fully saturated rings. The van der Waals surface area contributed by atoms with E-state index in [0.29, 0.717) is 0 Å². The molecule has 1 aromatic rings. The zero-order chi connectivity index (χ0) is 29.6. The summed E-state index contributed by atoms with van der Waals surface area (Å²) in [5.74, 6) is 5.30. The maximum atomic E-state index is 12.5. The summed E-state index contributed by atoms with van der Waals surface area (Å²) in [6.45, 7) is 5.25. The lowest BCUT2D eigenvalue weighted by Crippen LogP contribution is -2.29. The van der Waals surface area contributed by atoms with Gasteiger partial charge in [-0.25, -0.2) is 18.5 Å². The van der Waals surface area contributed by atoms with Crippen LogP contribution in [-0.4, -0.2) is 65.2 Å². The van der Waals surface area contributed by atoms with Gasteiger partial charge in [0.15, 0.2) is 0 Å². The topological polar surface area (TPSA) is 265 Å². The Hall–Kier alpha value is -0.770. The zero-order valence-electron chi connectivity index (χ0n) is 20.8. The molecule has 222 valence electrons. The van der Waals surface area contributed by atoms with Crippen LogP contribution in [0.3, 0.4) is 0 Å². The third-order valence-corrected chi connectivity index (χ3v) is 11.0. The van der Waals surface area contributed by atoms with Crippen molar-refractivity contribution in [2.75, 3.05) is 24.8 Å². The number of phosphoric ester groups is 1. The molecular weight excluding hydrogens is 625 g/mol. The number of nitrogens with two attached hydrogens (primary N) is 2. The quantitative estimate of drug-likeness (QED) is 0.0609. The van der Waals surface area contributed by atoms with Crippen molar-refractivity contribution in [3.63, 3.8) is 0 Å². The smallest absolute Gasteiger partial charge is 0.382 e. The largest absolute Gasteiger partial charge is 0.490 e. The van der Waals surface area contributed by atoms with Crippen molar-refractivity contribution in [2.24, 2.45) is 5.73 Å². The van der Waals surface area contributed by atoms with Gasteiger partial charge in [0.25, 0.3) is 0 Å². The fraction of sp³-hybridized carbons (Fsp3) is 0.647. The van der Waals surface area contributed by atoms with E-state index >= 15 is 0 Å². The molecule has 1 aliphatic heterocycles. The Bertz CT molecular complexity index is 1270. The highest BCUT2D eigenvalue weighted by molar-refractivity contribution is 8.77. The Balaban J connectivity index is 2.21. The molecular formula is C17H29N4O13P3S2. The maximum Gasteiger partial charge on any atom is 0.490 e. The van der Waals surface area contributed by atoms with E-state index in [4.69, 9.17) is 35.3 Å². The average molecular weight is 654 g/mol. The molecule has 0 spiro atoms. The van der Waals surface area contributed by atoms with E-state index in [2.05, 4.69) is 25.4 Å². The van der Waals surface area contributed by atoms with Gasteiger partial charge in [-0.2, -0.15) is 13.6 Å². The van der Waals surface area contributed by atoms with Crippen LogP contribution in [0.1, 0.15) is 39.0 Å². The number of aromatic nitrogens is 2. The third-order valence-electron chi connectivity index (χ3n) is 4.25. The van der Waals surface area contributed by atoms with E-state index in [1.165, 1.54) is 27.8 Å². The molecule has 1 saturated heterocycles. The minimum Gasteiger partial charge on any atom is -0.382 e. The Morgan fingerprint density at radius 3 is 2.46 bits per heavy atom. The van der Waals surface area contributed by atoms with Gasteiger partial charge in [-0.15, -0.1) is 0 Å². The standard InChI is InChI=1S/C17H29N4O13P3S2/c1-17(2,3)39-38-10-30-12-7-14(21-8-11(5-4-6-18)15(19)20-16(21)22)32-13(12)9-31-36(26,27)34-37(28,29)33-35(23,24)25/h8,12-14H,6-7,9-10,18H2,1-3H3,(H,26,27)(H,28,29)(H2,19,20,22)(H2,23,24,25)/t12-,13?,14-/m1/s1. The van der Waals surface area contributed by atoms with Crippen LogP contribution >= 0.6 is 45.1 Å². The molecule has 0 aliphatic carbocycles. The zero-order valence-corrected chi connectivity index (χ0v) is 25.1. The van der Waals surface area contributed by atoms with E-state index in [1.807, 2.05) is 20.8 Å². The molecule has 0 bridgehead atoms. The molecule has 5 atom stereocenters. The van der Waals surface area contributed by atoms with E-state index in [-0.39, 0.29) is 35.0 Å². The molecule has 2 rings (SSSR count). The van der Waals surface area contributed by atoms with Crippen LogP contribution in [0.5, 0.6) is 0 Å². The molecule has 17 nitrogen and oxygen atoms in total. The summed E-state index contributed by atoms with van der Waals surface area (Å²) in [7, 11) is -13.8. The summed E-state index contributed by atoms with van der Waals surface area (Å²) in [5.41, 5.74) is 10.6. The number of nitrogens with zero attached hydrogens (tertiary/aromatic N) is 2. The fourth-order valence-electron chi connectivity index (χ4n) is 2.91. The predicted molar refractivity (Wildman–Crippen MR) is 142 cm³/mol. The van der Waals surface area contributed by atoms with E-state index in [1.54, 1.807) is 0 Å². The second kappa shape index (κ2) is 13.9. The lowest BCUT2D eigenvalue weighted by molar-refractivity contribution is -0.0543. The second-order valence-corrected chi connectivity index (χ2v) is 16.1. The van der Waals surface area contributed by atoms with Crippen LogP contribution in [0.4, 0.5) is 5.82 Å². The van der Waals surface area contributed by atoms with Crippen LogP contribution in [0, 0.1) is 11.8 Å². The van der Waals surface area contributed by atoms with Crippen LogP contribution < -0.4 is 17.2 Å². The van der Waals surface area contributed by atoms with Crippen LogP contribution in [0.25, 0.3) is 0 Å². The first-order valence-electron chi connectivity index (χ1n) is 10.7. The van der Waals surface area contributed by atoms with Gasteiger partial charge in [0.05, 0.1) is 24.8 Å². The molecule has 0 saturated carbocycles. The number of phosphoric acid groups is 3. The van der Waals surface area contributed by atoms with Gasteiger partial charge >= 0.3 is 29.2 Å². The van der Waals surface area contributed by atoms with Crippen LogP contribution in [0.2, 0.25) is 0 Å². The summed E-state index contributed by atoms with van der Waals surface area (Å²) in [5, 5.41) is 0. The highest BCUT2D eigenvalue weighted by Crippen LogP contribution is 2.66. The van der Waals surface area contributed by atoms with Crippen molar-refractivity contribution in [3.8, 4) is 11.8 Å². The summed E-state index contributed by atoms with van der Waals surface area (Å²) >= 11 is 0. The van der Waals surface area contributed by atoms with Gasteiger partial charge in [0, 0.05) is 17.4 Å². The van der Waals surface area contributed by atoms with Gasteiger partial charge < -0.3 is 40.5 Å². The van der Waals surface area contributed by atoms with Gasteiger partial charge in [-0.3, -0.25) is 9.09 Å². The predicted octanol–water partition coefficient (Wildman–Crippen LogP) is 1.29. The second-order valence-electron chi connectivity index (χ2n) is 8.62. The Morgan fingerprint density at radius 2 is 1.87 bits per heavy atom. The fourth-order valence-corrected chi connectivity index (χ4v) is 7.95. The minimum absolute atomic E-state index is 0.0291. The van der Waals surface area contributed by atoms with Crippen molar-refractivity contribution < 1.29 is 55.9 Å². The van der Waals surface area contributed by atoms with Gasteiger partial charge in [0.2, 0.25) is 0 Å². The van der Waals surface area contributed by atoms with Crippen molar-refractivity contribution in [1.29, 1.82) is 0 Å². The van der Waals surface area contributed by atoms with Crippen molar-refractivity contribution in [1.82, 2.24) is 9.55 Å². The number of ether oxygens (including phenoxy) is 2. The maximum absolute atomic E-state index is 12.5. The Kier molecular flexibility index (Phi) is 12.3. The summed E-state index contributed by atoms with van der Waals surface area (Å²) in [6.07, 6.45) is -1.60. The monoisotopic (exact) mass is 654 g/mol. The molecule has 1 aliphatic rings. The highest BCUT2D eigenvalue weighted by Gasteiger charge is 2.43. The average Bonchev–Trinajstić information content (AvgIpc) is 3.14. The first-order chi connectivity index (χ1) is 17.8. The van der Waals surface area contributed by atoms with Crippen molar-refractivity contribution in [3.05, 3.63) is 22.2 Å². The minimum atomic E-state index is -5.70. The first-order valence-corrected chi connectivity index (χ1v) is 17.6. The molecule has 8 N–H and O–H groups in total. The van der Waals surface area contributed by atoms with Crippen LogP contribution in [-0.2, 0) is 36.3 Å². The highest BCUT2D eigenvalue weighted by atomic mass is 33.1. The molecule has 39 heavy (non-hydrogen) atoms. The van der Waals surface area contributed by atoms with Crippen molar-refractivity contribution >= 4 is 50.9 Å². The SMILES string of the molecule is CC(C)(C)SSCO[C@@H]1C[C@H](n2cc(C#CCN)c(N)nc2=O)OC1COP(=O)(O)OP(=O)(O)OP(=O)(O)O. The number of hydrogen-bond donors (Lipinski definition) is 6. The summed E-state index contributed by atoms with van der Waals surface area (Å²) in [6, 6.07) is 0. The number of rotatable bonds is 12. The lowest BCUT2D eigenvalue weighted by atomic mass is 10.2. The number of anilines is 1. The molecule has 3 unspecified atom stereocenters. The molecule has 2 heterocycles. The summed E-state index contributed by atoms with van der Waals surface area (Å²) < 4.78 is 59.4. The number of hydrogen-bond acceptors (Lipinski definition) is 14. The third kappa shape index (κ3) is 12.3. The molecule has 0 aromatic carbocycles. The lowest BCUT2D eigenvalue weighted by Gasteiger charge is -2.22. The van der Waals surface area contributed by atoms with Crippen molar-refractivity contribution in [2.45, 2.75) is 50.4 Å². The van der Waals surface area contributed by atoms with E-state index < -0.39 is 54.2 Å². The molecule has 0 radical (unpaired) electrons. The normalized spacial score (nSPS) is 23.0. The Labute approximate surface area is 231 Å². The Morgan fingerprint density at radius 1 is 1.21 bits per heavy atom. The summed E-state index contributed by atoms with van der Waals surface area (Å²) in [4.78, 5) is 52.7. The van der Waals surface area contributed by atoms with Gasteiger partial charge in [-0.05, 0) is 0 Å². The van der Waals surface area contributed by atoms with Gasteiger partial charge in [-0.1, -0.05) is 54.2 Å². The molecule has 1 aromatic heterocycles. The first kappa shape index (κ1) is 34.4.